The maximum Gasteiger partial charge on any atom is 0.499 e. The SMILES string of the molecule is CCCCCCc1csc2c(CCCCCC)c(B(O)O)sc12. The standard InChI is InChI=1S/C18H29BO2S2/c1-3-5-7-9-11-14-13-22-17-15(12-10-8-6-4-2)18(19(20)21)23-16(14)17/h13,20-21H,3-12H2,1-2H3. The molecule has 0 bridgehead atoms. The summed E-state index contributed by atoms with van der Waals surface area (Å²) in [5.74, 6) is 0. The lowest BCUT2D eigenvalue weighted by atomic mass is 9.84. The second-order valence-electron chi connectivity index (χ2n) is 6.36. The Bertz CT molecular complexity index is 589. The summed E-state index contributed by atoms with van der Waals surface area (Å²) in [5.41, 5.74) is 2.61. The lowest BCUT2D eigenvalue weighted by molar-refractivity contribution is 0.426. The van der Waals surface area contributed by atoms with Gasteiger partial charge in [-0.05, 0) is 42.2 Å². The molecular formula is C18H29BO2S2. The summed E-state index contributed by atoms with van der Waals surface area (Å²) in [5, 5.41) is 21.8. The van der Waals surface area contributed by atoms with E-state index in [1.807, 2.05) is 0 Å². The molecule has 0 saturated carbocycles. The third kappa shape index (κ3) is 5.06. The molecule has 2 nitrogen and oxygen atoms in total. The molecule has 0 aliphatic carbocycles. The van der Waals surface area contributed by atoms with Gasteiger partial charge in [-0.2, -0.15) is 0 Å². The van der Waals surface area contributed by atoms with Crippen LogP contribution in [0.5, 0.6) is 0 Å². The van der Waals surface area contributed by atoms with Gasteiger partial charge < -0.3 is 10.0 Å². The Morgan fingerprint density at radius 3 is 2.13 bits per heavy atom. The van der Waals surface area contributed by atoms with Crippen LogP contribution in [0, 0.1) is 0 Å². The van der Waals surface area contributed by atoms with E-state index in [1.54, 1.807) is 22.7 Å². The second-order valence-corrected chi connectivity index (χ2v) is 8.29. The van der Waals surface area contributed by atoms with Crippen LogP contribution in [0.4, 0.5) is 0 Å². The molecule has 0 atom stereocenters. The first-order chi connectivity index (χ1) is 11.2. The Labute approximate surface area is 148 Å². The van der Waals surface area contributed by atoms with Gasteiger partial charge in [-0.3, -0.25) is 0 Å². The van der Waals surface area contributed by atoms with Crippen molar-refractivity contribution in [2.45, 2.75) is 78.1 Å². The van der Waals surface area contributed by atoms with Crippen molar-refractivity contribution >= 4 is 44.0 Å². The van der Waals surface area contributed by atoms with Crippen molar-refractivity contribution in [2.75, 3.05) is 0 Å². The molecule has 5 heteroatoms. The molecule has 0 radical (unpaired) electrons. The molecule has 2 N–H and O–H groups in total. The predicted molar refractivity (Wildman–Crippen MR) is 105 cm³/mol. The zero-order valence-electron chi connectivity index (χ0n) is 14.4. The number of unbranched alkanes of at least 4 members (excludes halogenated alkanes) is 6. The van der Waals surface area contributed by atoms with Crippen molar-refractivity contribution in [1.29, 1.82) is 0 Å². The first kappa shape index (κ1) is 19.0. The maximum absolute atomic E-state index is 9.73. The highest BCUT2D eigenvalue weighted by molar-refractivity contribution is 7.33. The quantitative estimate of drug-likeness (QED) is 0.447. The number of aryl methyl sites for hydroxylation is 2. The van der Waals surface area contributed by atoms with Gasteiger partial charge in [0.1, 0.15) is 0 Å². The van der Waals surface area contributed by atoms with Gasteiger partial charge >= 0.3 is 7.12 Å². The van der Waals surface area contributed by atoms with Crippen molar-refractivity contribution in [3.05, 3.63) is 16.5 Å². The molecule has 0 aliphatic heterocycles. The normalized spacial score (nSPS) is 11.5. The van der Waals surface area contributed by atoms with Crippen molar-refractivity contribution in [3.63, 3.8) is 0 Å². The molecule has 0 aromatic carbocycles. The van der Waals surface area contributed by atoms with Gasteiger partial charge in [0.2, 0.25) is 0 Å². The van der Waals surface area contributed by atoms with Gasteiger partial charge in [0.15, 0.2) is 0 Å². The molecule has 2 rings (SSSR count). The van der Waals surface area contributed by atoms with E-state index in [1.165, 1.54) is 65.5 Å². The Morgan fingerprint density at radius 2 is 1.52 bits per heavy atom. The molecule has 128 valence electrons. The lowest BCUT2D eigenvalue weighted by Crippen LogP contribution is -2.29. The topological polar surface area (TPSA) is 40.5 Å². The van der Waals surface area contributed by atoms with E-state index in [0.29, 0.717) is 0 Å². The van der Waals surface area contributed by atoms with E-state index in [4.69, 9.17) is 0 Å². The molecule has 0 unspecified atom stereocenters. The number of fused-ring (bicyclic) bond motifs is 1. The minimum absolute atomic E-state index is 0.776. The van der Waals surface area contributed by atoms with Gasteiger partial charge in [-0.15, -0.1) is 22.7 Å². The number of rotatable bonds is 11. The fraction of sp³-hybridized carbons (Fsp3) is 0.667. The highest BCUT2D eigenvalue weighted by Gasteiger charge is 2.23. The molecule has 0 aliphatic rings. The molecule has 0 saturated heterocycles. The predicted octanol–water partition coefficient (Wildman–Crippen LogP) is 4.89. The third-order valence-electron chi connectivity index (χ3n) is 4.41. The van der Waals surface area contributed by atoms with Crippen LogP contribution in [0.25, 0.3) is 9.40 Å². The Balaban J connectivity index is 2.13. The number of hydrogen-bond donors (Lipinski definition) is 2. The molecule has 2 aromatic rings. The van der Waals surface area contributed by atoms with Gasteiger partial charge in [0.05, 0.1) is 0 Å². The van der Waals surface area contributed by atoms with Crippen LogP contribution in [0.3, 0.4) is 0 Å². The van der Waals surface area contributed by atoms with Crippen LogP contribution in [0.1, 0.15) is 76.3 Å². The van der Waals surface area contributed by atoms with E-state index < -0.39 is 7.12 Å². The van der Waals surface area contributed by atoms with Crippen molar-refractivity contribution in [1.82, 2.24) is 0 Å². The molecule has 0 fully saturated rings. The van der Waals surface area contributed by atoms with Crippen molar-refractivity contribution < 1.29 is 10.0 Å². The highest BCUT2D eigenvalue weighted by atomic mass is 32.1. The summed E-state index contributed by atoms with van der Waals surface area (Å²) in [6.45, 7) is 4.46. The zero-order valence-corrected chi connectivity index (χ0v) is 16.1. The zero-order chi connectivity index (χ0) is 16.7. The Hall–Kier alpha value is -0.355. The largest absolute Gasteiger partial charge is 0.499 e. The summed E-state index contributed by atoms with van der Waals surface area (Å²) in [6.07, 6.45) is 12.1. The first-order valence-electron chi connectivity index (χ1n) is 9.06. The fourth-order valence-corrected chi connectivity index (χ4v) is 5.73. The summed E-state index contributed by atoms with van der Waals surface area (Å²) < 4.78 is 3.39. The Morgan fingerprint density at radius 1 is 0.870 bits per heavy atom. The van der Waals surface area contributed by atoms with Gasteiger partial charge in [0, 0.05) is 14.2 Å². The minimum Gasteiger partial charge on any atom is -0.423 e. The lowest BCUT2D eigenvalue weighted by Gasteiger charge is -2.03. The van der Waals surface area contributed by atoms with E-state index in [0.717, 1.165) is 24.0 Å². The van der Waals surface area contributed by atoms with Crippen LogP contribution < -0.4 is 4.78 Å². The maximum atomic E-state index is 9.73. The summed E-state index contributed by atoms with van der Waals surface area (Å²) in [6, 6.07) is 0. The van der Waals surface area contributed by atoms with Crippen LogP contribution >= 0.6 is 22.7 Å². The van der Waals surface area contributed by atoms with Crippen molar-refractivity contribution in [3.8, 4) is 0 Å². The van der Waals surface area contributed by atoms with Gasteiger partial charge in [-0.25, -0.2) is 0 Å². The molecule has 0 amide bonds. The third-order valence-corrected chi connectivity index (χ3v) is 6.98. The average molecular weight is 352 g/mol. The summed E-state index contributed by atoms with van der Waals surface area (Å²) >= 11 is 3.40. The van der Waals surface area contributed by atoms with Crippen LogP contribution in [-0.2, 0) is 12.8 Å². The summed E-state index contributed by atoms with van der Waals surface area (Å²) in [4.78, 5) is 0. The smallest absolute Gasteiger partial charge is 0.423 e. The molecule has 0 spiro atoms. The van der Waals surface area contributed by atoms with E-state index in [9.17, 15) is 10.0 Å². The van der Waals surface area contributed by atoms with E-state index >= 15 is 0 Å². The van der Waals surface area contributed by atoms with E-state index in [-0.39, 0.29) is 0 Å². The van der Waals surface area contributed by atoms with Crippen LogP contribution in [0.15, 0.2) is 5.38 Å². The molecule has 23 heavy (non-hydrogen) atoms. The van der Waals surface area contributed by atoms with Gasteiger partial charge in [0.25, 0.3) is 0 Å². The first-order valence-corrected chi connectivity index (χ1v) is 10.8. The Kier molecular flexibility index (Phi) is 8.10. The van der Waals surface area contributed by atoms with E-state index in [2.05, 4.69) is 19.2 Å². The van der Waals surface area contributed by atoms with Crippen molar-refractivity contribution in [2.24, 2.45) is 0 Å². The monoisotopic (exact) mass is 352 g/mol. The molecule has 2 heterocycles. The summed E-state index contributed by atoms with van der Waals surface area (Å²) in [7, 11) is -1.33. The number of thiophene rings is 2. The van der Waals surface area contributed by atoms with Gasteiger partial charge in [-0.1, -0.05) is 52.4 Å². The van der Waals surface area contributed by atoms with Crippen LogP contribution in [0.2, 0.25) is 0 Å². The second kappa shape index (κ2) is 9.82. The highest BCUT2D eigenvalue weighted by Crippen LogP contribution is 2.35. The molecule has 2 aromatic heterocycles. The molecular weight excluding hydrogens is 323 g/mol. The fourth-order valence-electron chi connectivity index (χ4n) is 3.07. The number of hydrogen-bond acceptors (Lipinski definition) is 4. The minimum atomic E-state index is -1.33. The van der Waals surface area contributed by atoms with Crippen LogP contribution in [-0.4, -0.2) is 17.2 Å². The average Bonchev–Trinajstić information content (AvgIpc) is 3.08.